The highest BCUT2D eigenvalue weighted by atomic mass is 16.4. The standard InChI is InChI=1S/C21H28O2/c1-14(2)18-11-19(15(3)4)13-20(12-18)17(6)9-7-8-16(5)10-21(22)23/h7-15H,1-6H3,(H,22,23)/b8-7+,16-10+,17-9+. The van der Waals surface area contributed by atoms with Crippen LogP contribution in [-0.4, -0.2) is 11.1 Å². The first kappa shape index (κ1) is 19.0. The number of carbonyl (C=O) groups is 1. The van der Waals surface area contributed by atoms with Gasteiger partial charge in [-0.3, -0.25) is 0 Å². The molecule has 0 aliphatic rings. The summed E-state index contributed by atoms with van der Waals surface area (Å²) in [6, 6.07) is 6.79. The van der Waals surface area contributed by atoms with Crippen LogP contribution in [0.5, 0.6) is 0 Å². The van der Waals surface area contributed by atoms with Crippen molar-refractivity contribution in [1.82, 2.24) is 0 Å². The van der Waals surface area contributed by atoms with E-state index in [9.17, 15) is 4.79 Å². The molecule has 1 aromatic carbocycles. The molecule has 2 nitrogen and oxygen atoms in total. The number of rotatable bonds is 6. The monoisotopic (exact) mass is 312 g/mol. The molecule has 0 radical (unpaired) electrons. The average molecular weight is 312 g/mol. The van der Waals surface area contributed by atoms with Crippen LogP contribution in [0.4, 0.5) is 0 Å². The molecule has 0 saturated carbocycles. The lowest BCUT2D eigenvalue weighted by molar-refractivity contribution is -0.131. The van der Waals surface area contributed by atoms with Crippen molar-refractivity contribution in [2.24, 2.45) is 0 Å². The summed E-state index contributed by atoms with van der Waals surface area (Å²) in [4.78, 5) is 10.6. The van der Waals surface area contributed by atoms with E-state index in [0.29, 0.717) is 11.8 Å². The van der Waals surface area contributed by atoms with E-state index in [0.717, 1.165) is 5.57 Å². The van der Waals surface area contributed by atoms with Gasteiger partial charge < -0.3 is 5.11 Å². The Morgan fingerprint density at radius 3 is 1.96 bits per heavy atom. The van der Waals surface area contributed by atoms with Crippen LogP contribution in [0.2, 0.25) is 0 Å². The summed E-state index contributed by atoms with van der Waals surface area (Å²) in [5.74, 6) is 0.0761. The van der Waals surface area contributed by atoms with E-state index in [1.807, 2.05) is 18.2 Å². The first-order valence-electron chi connectivity index (χ1n) is 8.12. The summed E-state index contributed by atoms with van der Waals surface area (Å²) in [7, 11) is 0. The van der Waals surface area contributed by atoms with Gasteiger partial charge in [-0.15, -0.1) is 0 Å². The van der Waals surface area contributed by atoms with Crippen LogP contribution in [0.3, 0.4) is 0 Å². The van der Waals surface area contributed by atoms with Crippen molar-refractivity contribution < 1.29 is 9.90 Å². The minimum Gasteiger partial charge on any atom is -0.478 e. The quantitative estimate of drug-likeness (QED) is 0.522. The van der Waals surface area contributed by atoms with Gasteiger partial charge >= 0.3 is 5.97 Å². The van der Waals surface area contributed by atoms with E-state index in [1.54, 1.807) is 6.92 Å². The summed E-state index contributed by atoms with van der Waals surface area (Å²) in [6.07, 6.45) is 6.95. The van der Waals surface area contributed by atoms with Gasteiger partial charge in [-0.1, -0.05) is 64.1 Å². The summed E-state index contributed by atoms with van der Waals surface area (Å²) >= 11 is 0. The molecule has 0 spiro atoms. The molecule has 0 aromatic heterocycles. The van der Waals surface area contributed by atoms with Crippen molar-refractivity contribution >= 4 is 11.5 Å². The van der Waals surface area contributed by atoms with Crippen LogP contribution in [0, 0.1) is 0 Å². The molecule has 0 heterocycles. The van der Waals surface area contributed by atoms with Crippen molar-refractivity contribution in [3.05, 3.63) is 64.8 Å². The number of hydrogen-bond acceptors (Lipinski definition) is 1. The fraction of sp³-hybridized carbons (Fsp3) is 0.381. The zero-order valence-corrected chi connectivity index (χ0v) is 15.1. The van der Waals surface area contributed by atoms with Gasteiger partial charge in [0.1, 0.15) is 0 Å². The largest absolute Gasteiger partial charge is 0.478 e. The number of benzene rings is 1. The van der Waals surface area contributed by atoms with Gasteiger partial charge in [-0.25, -0.2) is 4.79 Å². The Labute approximate surface area is 140 Å². The van der Waals surface area contributed by atoms with Crippen molar-refractivity contribution in [2.75, 3.05) is 0 Å². The topological polar surface area (TPSA) is 37.3 Å². The van der Waals surface area contributed by atoms with Crippen LogP contribution >= 0.6 is 0 Å². The Hall–Kier alpha value is -2.09. The lowest BCUT2D eigenvalue weighted by atomic mass is 9.91. The highest BCUT2D eigenvalue weighted by Gasteiger charge is 2.07. The molecule has 0 atom stereocenters. The highest BCUT2D eigenvalue weighted by Crippen LogP contribution is 2.26. The Morgan fingerprint density at radius 1 is 1.00 bits per heavy atom. The average Bonchev–Trinajstić information content (AvgIpc) is 2.45. The Balaban J connectivity index is 3.11. The zero-order chi connectivity index (χ0) is 17.6. The molecule has 0 fully saturated rings. The molecule has 0 bridgehead atoms. The third-order valence-corrected chi connectivity index (χ3v) is 3.82. The van der Waals surface area contributed by atoms with E-state index in [2.05, 4.69) is 52.8 Å². The molecule has 0 amide bonds. The number of carboxylic acid groups (broad SMARTS) is 1. The maximum atomic E-state index is 10.6. The van der Waals surface area contributed by atoms with Crippen molar-refractivity contribution in [3.63, 3.8) is 0 Å². The fourth-order valence-corrected chi connectivity index (χ4v) is 2.25. The molecule has 23 heavy (non-hydrogen) atoms. The van der Waals surface area contributed by atoms with E-state index in [1.165, 1.54) is 28.3 Å². The molecule has 0 unspecified atom stereocenters. The predicted octanol–water partition coefficient (Wildman–Crippen LogP) is 5.92. The first-order chi connectivity index (χ1) is 10.7. The SMILES string of the molecule is CC(/C=C/C=C(\C)c1cc(C(C)C)cc(C(C)C)c1)=C\C(=O)O. The van der Waals surface area contributed by atoms with E-state index in [-0.39, 0.29) is 0 Å². The Morgan fingerprint density at radius 2 is 1.52 bits per heavy atom. The smallest absolute Gasteiger partial charge is 0.328 e. The molecule has 1 rings (SSSR count). The molecular formula is C21H28O2. The number of carboxylic acids is 1. The summed E-state index contributed by atoms with van der Waals surface area (Å²) in [5, 5.41) is 8.71. The first-order valence-corrected chi connectivity index (χ1v) is 8.12. The molecule has 1 N–H and O–H groups in total. The van der Waals surface area contributed by atoms with E-state index < -0.39 is 5.97 Å². The third-order valence-electron chi connectivity index (χ3n) is 3.82. The summed E-state index contributed by atoms with van der Waals surface area (Å²) in [6.45, 7) is 12.7. The molecule has 124 valence electrons. The van der Waals surface area contributed by atoms with Crippen LogP contribution in [0.1, 0.15) is 70.1 Å². The minimum atomic E-state index is -0.918. The van der Waals surface area contributed by atoms with Gasteiger partial charge in [-0.2, -0.15) is 0 Å². The van der Waals surface area contributed by atoms with Crippen molar-refractivity contribution in [3.8, 4) is 0 Å². The van der Waals surface area contributed by atoms with Crippen LogP contribution < -0.4 is 0 Å². The third kappa shape index (κ3) is 6.27. The second-order valence-corrected chi connectivity index (χ2v) is 6.63. The molecular weight excluding hydrogens is 284 g/mol. The van der Waals surface area contributed by atoms with E-state index in [4.69, 9.17) is 5.11 Å². The van der Waals surface area contributed by atoms with Crippen LogP contribution in [-0.2, 0) is 4.79 Å². The van der Waals surface area contributed by atoms with E-state index >= 15 is 0 Å². The normalized spacial score (nSPS) is 13.4. The lowest BCUT2D eigenvalue weighted by Crippen LogP contribution is -1.96. The van der Waals surface area contributed by atoms with Gasteiger partial charge in [0, 0.05) is 6.08 Å². The zero-order valence-electron chi connectivity index (χ0n) is 15.1. The fourth-order valence-electron chi connectivity index (χ4n) is 2.25. The van der Waals surface area contributed by atoms with Crippen molar-refractivity contribution in [2.45, 2.75) is 53.4 Å². The van der Waals surface area contributed by atoms with Gasteiger partial charge in [0.25, 0.3) is 0 Å². The second kappa shape index (κ2) is 8.52. The highest BCUT2D eigenvalue weighted by molar-refractivity contribution is 5.81. The number of allylic oxidation sites excluding steroid dienone is 5. The van der Waals surface area contributed by atoms with Gasteiger partial charge in [-0.05, 0) is 53.5 Å². The molecule has 2 heteroatoms. The molecule has 0 saturated heterocycles. The molecule has 0 aliphatic carbocycles. The molecule has 0 aliphatic heterocycles. The lowest BCUT2D eigenvalue weighted by Gasteiger charge is -2.14. The number of aliphatic carboxylic acids is 1. The van der Waals surface area contributed by atoms with Gasteiger partial charge in [0.2, 0.25) is 0 Å². The minimum absolute atomic E-state index is 0.497. The van der Waals surface area contributed by atoms with Crippen molar-refractivity contribution in [1.29, 1.82) is 0 Å². The Bertz CT molecular complexity index is 618. The molecule has 1 aromatic rings. The van der Waals surface area contributed by atoms with Crippen LogP contribution in [0.25, 0.3) is 5.57 Å². The van der Waals surface area contributed by atoms with Gasteiger partial charge in [0.05, 0.1) is 0 Å². The summed E-state index contributed by atoms with van der Waals surface area (Å²) < 4.78 is 0. The number of hydrogen-bond donors (Lipinski definition) is 1. The summed E-state index contributed by atoms with van der Waals surface area (Å²) in [5.41, 5.74) is 5.83. The maximum Gasteiger partial charge on any atom is 0.328 e. The maximum absolute atomic E-state index is 10.6. The predicted molar refractivity (Wildman–Crippen MR) is 98.8 cm³/mol. The Kier molecular flexibility index (Phi) is 7.02. The van der Waals surface area contributed by atoms with Crippen LogP contribution in [0.15, 0.2) is 48.1 Å². The van der Waals surface area contributed by atoms with Gasteiger partial charge in [0.15, 0.2) is 0 Å². The second-order valence-electron chi connectivity index (χ2n) is 6.63.